The van der Waals surface area contributed by atoms with Crippen LogP contribution in [0.15, 0.2) is 48.7 Å². The fourth-order valence-electron chi connectivity index (χ4n) is 1.62. The topological polar surface area (TPSA) is 79.3 Å². The van der Waals surface area contributed by atoms with Gasteiger partial charge in [0.1, 0.15) is 11.4 Å². The second-order valence-corrected chi connectivity index (χ2v) is 4.52. The minimum Gasteiger partial charge on any atom is -0.478 e. The molecule has 0 aliphatic heterocycles. The maximum Gasteiger partial charge on any atom is 0.339 e. The van der Waals surface area contributed by atoms with Crippen molar-refractivity contribution in [2.75, 3.05) is 5.32 Å². The summed E-state index contributed by atoms with van der Waals surface area (Å²) in [6.45, 7) is 0. The van der Waals surface area contributed by atoms with E-state index in [0.29, 0.717) is 5.02 Å². The number of benzene rings is 1. The Labute approximate surface area is 125 Å². The summed E-state index contributed by atoms with van der Waals surface area (Å²) in [7, 11) is 0. The number of amides is 1. The SMILES string of the molecule is O=C(C=Cc1cccc(Cl)c1)Nc1ncccc1C(=O)O. The van der Waals surface area contributed by atoms with Crippen LogP contribution in [0.1, 0.15) is 15.9 Å². The van der Waals surface area contributed by atoms with Gasteiger partial charge in [0.05, 0.1) is 0 Å². The molecule has 2 rings (SSSR count). The van der Waals surface area contributed by atoms with Crippen LogP contribution >= 0.6 is 11.6 Å². The van der Waals surface area contributed by atoms with Gasteiger partial charge in [-0.15, -0.1) is 0 Å². The van der Waals surface area contributed by atoms with E-state index in [0.717, 1.165) is 5.56 Å². The first-order chi connectivity index (χ1) is 10.1. The minimum atomic E-state index is -1.16. The zero-order chi connectivity index (χ0) is 15.2. The second-order valence-electron chi connectivity index (χ2n) is 4.08. The number of nitrogens with zero attached hydrogens (tertiary/aromatic N) is 1. The Bertz CT molecular complexity index is 714. The summed E-state index contributed by atoms with van der Waals surface area (Å²) >= 11 is 5.84. The summed E-state index contributed by atoms with van der Waals surface area (Å²) < 4.78 is 0. The average Bonchev–Trinajstić information content (AvgIpc) is 2.45. The van der Waals surface area contributed by atoms with Crippen molar-refractivity contribution in [3.63, 3.8) is 0 Å². The molecule has 0 atom stereocenters. The van der Waals surface area contributed by atoms with Crippen LogP contribution in [-0.4, -0.2) is 22.0 Å². The molecule has 0 unspecified atom stereocenters. The van der Waals surface area contributed by atoms with Gasteiger partial charge in [0.15, 0.2) is 0 Å². The molecular weight excluding hydrogens is 292 g/mol. The number of carbonyl (C=O) groups excluding carboxylic acids is 1. The molecule has 1 aromatic carbocycles. The molecule has 2 aromatic rings. The molecule has 0 radical (unpaired) electrons. The molecule has 106 valence electrons. The molecule has 21 heavy (non-hydrogen) atoms. The summed E-state index contributed by atoms with van der Waals surface area (Å²) in [5.74, 6) is -1.63. The summed E-state index contributed by atoms with van der Waals surface area (Å²) in [5.41, 5.74) is 0.694. The zero-order valence-corrected chi connectivity index (χ0v) is 11.5. The molecule has 0 spiro atoms. The molecule has 0 aliphatic rings. The number of anilines is 1. The molecule has 2 N–H and O–H groups in total. The standard InChI is InChI=1S/C15H11ClN2O3/c16-11-4-1-3-10(9-11)6-7-13(19)18-14-12(15(20)21)5-2-8-17-14/h1-9H,(H,20,21)(H,17,18,19). The van der Waals surface area contributed by atoms with E-state index in [9.17, 15) is 9.59 Å². The lowest BCUT2D eigenvalue weighted by molar-refractivity contribution is -0.111. The third-order valence-corrected chi connectivity index (χ3v) is 2.79. The van der Waals surface area contributed by atoms with Crippen molar-refractivity contribution in [3.05, 3.63) is 64.8 Å². The molecule has 0 aliphatic carbocycles. The van der Waals surface area contributed by atoms with Gasteiger partial charge in [0.25, 0.3) is 0 Å². The second kappa shape index (κ2) is 6.67. The van der Waals surface area contributed by atoms with Gasteiger partial charge in [-0.3, -0.25) is 4.79 Å². The van der Waals surface area contributed by atoms with Crippen LogP contribution in [0.5, 0.6) is 0 Å². The number of hydrogen-bond donors (Lipinski definition) is 2. The van der Waals surface area contributed by atoms with E-state index in [1.54, 1.807) is 30.3 Å². The van der Waals surface area contributed by atoms with Crippen molar-refractivity contribution >= 4 is 35.4 Å². The van der Waals surface area contributed by atoms with Gasteiger partial charge in [0, 0.05) is 17.3 Å². The van der Waals surface area contributed by atoms with E-state index < -0.39 is 11.9 Å². The normalized spacial score (nSPS) is 10.5. The number of hydrogen-bond acceptors (Lipinski definition) is 3. The fourth-order valence-corrected chi connectivity index (χ4v) is 1.82. The number of aromatic carboxylic acids is 1. The highest BCUT2D eigenvalue weighted by Crippen LogP contribution is 2.13. The van der Waals surface area contributed by atoms with Crippen molar-refractivity contribution in [3.8, 4) is 0 Å². The fraction of sp³-hybridized carbons (Fsp3) is 0. The maximum absolute atomic E-state index is 11.8. The first-order valence-corrected chi connectivity index (χ1v) is 6.37. The molecule has 1 amide bonds. The Kier molecular flexibility index (Phi) is 4.68. The Balaban J connectivity index is 2.10. The lowest BCUT2D eigenvalue weighted by Crippen LogP contribution is -2.13. The number of carboxylic acids is 1. The largest absolute Gasteiger partial charge is 0.478 e. The van der Waals surface area contributed by atoms with Crippen LogP contribution in [0, 0.1) is 0 Å². The lowest BCUT2D eigenvalue weighted by Gasteiger charge is -2.04. The van der Waals surface area contributed by atoms with Crippen LogP contribution in [0.4, 0.5) is 5.82 Å². The predicted octanol–water partition coefficient (Wildman–Crippen LogP) is 3.09. The zero-order valence-electron chi connectivity index (χ0n) is 10.8. The average molecular weight is 303 g/mol. The number of rotatable bonds is 4. The van der Waals surface area contributed by atoms with Crippen LogP contribution in [0.25, 0.3) is 6.08 Å². The van der Waals surface area contributed by atoms with E-state index in [4.69, 9.17) is 16.7 Å². The van der Waals surface area contributed by atoms with Gasteiger partial charge in [-0.2, -0.15) is 0 Å². The van der Waals surface area contributed by atoms with Crippen LogP contribution in [0.2, 0.25) is 5.02 Å². The van der Waals surface area contributed by atoms with E-state index in [1.165, 1.54) is 24.4 Å². The number of nitrogens with one attached hydrogen (secondary N) is 1. The van der Waals surface area contributed by atoms with Crippen molar-refractivity contribution in [1.29, 1.82) is 0 Å². The first kappa shape index (κ1) is 14.7. The summed E-state index contributed by atoms with van der Waals surface area (Å²) in [6, 6.07) is 9.84. The van der Waals surface area contributed by atoms with E-state index in [-0.39, 0.29) is 11.4 Å². The van der Waals surface area contributed by atoms with Gasteiger partial charge in [-0.1, -0.05) is 23.7 Å². The Hall–Kier alpha value is -2.66. The van der Waals surface area contributed by atoms with Crippen LogP contribution in [0.3, 0.4) is 0 Å². The molecule has 1 aromatic heterocycles. The number of halogens is 1. The quantitative estimate of drug-likeness (QED) is 0.851. The lowest BCUT2D eigenvalue weighted by atomic mass is 10.2. The van der Waals surface area contributed by atoms with Crippen LogP contribution < -0.4 is 5.32 Å². The van der Waals surface area contributed by atoms with Crippen molar-refractivity contribution < 1.29 is 14.7 Å². The van der Waals surface area contributed by atoms with Crippen LogP contribution in [-0.2, 0) is 4.79 Å². The van der Waals surface area contributed by atoms with Gasteiger partial charge >= 0.3 is 5.97 Å². The molecule has 0 bridgehead atoms. The van der Waals surface area contributed by atoms with Gasteiger partial charge < -0.3 is 10.4 Å². The highest BCUT2D eigenvalue weighted by molar-refractivity contribution is 6.30. The molecule has 0 saturated carbocycles. The number of aromatic nitrogens is 1. The maximum atomic E-state index is 11.8. The minimum absolute atomic E-state index is 0.00532. The molecule has 6 heteroatoms. The Morgan fingerprint density at radius 1 is 1.24 bits per heavy atom. The molecular formula is C15H11ClN2O3. The van der Waals surface area contributed by atoms with Gasteiger partial charge in [0.2, 0.25) is 5.91 Å². The van der Waals surface area contributed by atoms with Crippen molar-refractivity contribution in [1.82, 2.24) is 4.98 Å². The number of pyridine rings is 1. The monoisotopic (exact) mass is 302 g/mol. The molecule has 1 heterocycles. The number of carbonyl (C=O) groups is 2. The van der Waals surface area contributed by atoms with Gasteiger partial charge in [-0.25, -0.2) is 9.78 Å². The summed E-state index contributed by atoms with van der Waals surface area (Å²) in [6.07, 6.45) is 4.26. The smallest absolute Gasteiger partial charge is 0.339 e. The van der Waals surface area contributed by atoms with Crippen molar-refractivity contribution in [2.45, 2.75) is 0 Å². The van der Waals surface area contributed by atoms with E-state index >= 15 is 0 Å². The van der Waals surface area contributed by atoms with Gasteiger partial charge in [-0.05, 0) is 35.9 Å². The molecule has 5 nitrogen and oxygen atoms in total. The molecule has 0 saturated heterocycles. The van der Waals surface area contributed by atoms with Crippen molar-refractivity contribution in [2.24, 2.45) is 0 Å². The summed E-state index contributed by atoms with van der Waals surface area (Å²) in [5, 5.41) is 12.0. The first-order valence-electron chi connectivity index (χ1n) is 5.99. The van der Waals surface area contributed by atoms with E-state index in [2.05, 4.69) is 10.3 Å². The Morgan fingerprint density at radius 3 is 2.76 bits per heavy atom. The Morgan fingerprint density at radius 2 is 2.05 bits per heavy atom. The molecule has 0 fully saturated rings. The highest BCUT2D eigenvalue weighted by Gasteiger charge is 2.11. The third-order valence-electron chi connectivity index (χ3n) is 2.56. The summed E-state index contributed by atoms with van der Waals surface area (Å²) in [4.78, 5) is 26.6. The predicted molar refractivity (Wildman–Crippen MR) is 80.3 cm³/mol. The number of carboxylic acid groups (broad SMARTS) is 1. The highest BCUT2D eigenvalue weighted by atomic mass is 35.5. The third kappa shape index (κ3) is 4.15. The van der Waals surface area contributed by atoms with E-state index in [1.807, 2.05) is 0 Å².